The Hall–Kier alpha value is -0.370. The molecule has 10 heavy (non-hydrogen) atoms. The summed E-state index contributed by atoms with van der Waals surface area (Å²) < 4.78 is 0. The Morgan fingerprint density at radius 3 is 2.10 bits per heavy atom. The third-order valence-electron chi connectivity index (χ3n) is 1.67. The van der Waals surface area contributed by atoms with Gasteiger partial charge in [0.1, 0.15) is 5.78 Å². The van der Waals surface area contributed by atoms with Crippen LogP contribution in [0.1, 0.15) is 27.2 Å². The zero-order valence-corrected chi connectivity index (χ0v) is 7.27. The second-order valence-corrected chi connectivity index (χ2v) is 2.83. The van der Waals surface area contributed by atoms with Crippen LogP contribution in [0.5, 0.6) is 0 Å². The Bertz CT molecular complexity index is 110. The van der Waals surface area contributed by atoms with E-state index >= 15 is 0 Å². The standard InChI is InChI=1S/C8H17NO/c1-5-7(10)8(9-4)6(2)3/h6,8-9H,5H2,1-4H3. The molecule has 0 heterocycles. The first-order valence-corrected chi connectivity index (χ1v) is 3.83. The summed E-state index contributed by atoms with van der Waals surface area (Å²) in [6.07, 6.45) is 0.629. The molecule has 1 unspecified atom stereocenters. The molecule has 1 N–H and O–H groups in total. The number of carbonyl (C=O) groups excluding carboxylic acids is 1. The van der Waals surface area contributed by atoms with E-state index in [-0.39, 0.29) is 6.04 Å². The number of nitrogens with one attached hydrogen (secondary N) is 1. The molecule has 0 saturated carbocycles. The van der Waals surface area contributed by atoms with E-state index in [0.29, 0.717) is 18.1 Å². The van der Waals surface area contributed by atoms with Crippen molar-refractivity contribution in [3.8, 4) is 0 Å². The van der Waals surface area contributed by atoms with Crippen LogP contribution >= 0.6 is 0 Å². The van der Waals surface area contributed by atoms with E-state index in [1.807, 2.05) is 14.0 Å². The average molecular weight is 143 g/mol. The van der Waals surface area contributed by atoms with Crippen LogP contribution in [0.3, 0.4) is 0 Å². The highest BCUT2D eigenvalue weighted by Crippen LogP contribution is 2.03. The predicted octanol–water partition coefficient (Wildman–Crippen LogP) is 1.21. The number of carbonyl (C=O) groups is 1. The fourth-order valence-corrected chi connectivity index (χ4v) is 1.09. The number of ketones is 1. The predicted molar refractivity (Wildman–Crippen MR) is 43.0 cm³/mol. The number of hydrogen-bond acceptors (Lipinski definition) is 2. The highest BCUT2D eigenvalue weighted by molar-refractivity contribution is 5.83. The Labute approximate surface area is 63.0 Å². The second kappa shape index (κ2) is 4.45. The van der Waals surface area contributed by atoms with Crippen LogP contribution in [0.2, 0.25) is 0 Å². The van der Waals surface area contributed by atoms with Crippen LogP contribution in [0.25, 0.3) is 0 Å². The lowest BCUT2D eigenvalue weighted by Gasteiger charge is -2.17. The van der Waals surface area contributed by atoms with Crippen LogP contribution in [0.15, 0.2) is 0 Å². The normalized spacial score (nSPS) is 13.7. The van der Waals surface area contributed by atoms with Crippen molar-refractivity contribution in [1.29, 1.82) is 0 Å². The smallest absolute Gasteiger partial charge is 0.149 e. The molecule has 0 aliphatic heterocycles. The molecular weight excluding hydrogens is 126 g/mol. The molecule has 0 saturated heterocycles. The molecule has 0 aromatic rings. The molecule has 0 radical (unpaired) electrons. The molecule has 0 bridgehead atoms. The first-order chi connectivity index (χ1) is 4.63. The molecule has 1 atom stereocenters. The van der Waals surface area contributed by atoms with Crippen molar-refractivity contribution in [3.63, 3.8) is 0 Å². The van der Waals surface area contributed by atoms with Crippen LogP contribution < -0.4 is 5.32 Å². The Kier molecular flexibility index (Phi) is 4.28. The third kappa shape index (κ3) is 2.48. The van der Waals surface area contributed by atoms with Crippen LogP contribution in [-0.4, -0.2) is 18.9 Å². The SMILES string of the molecule is CCC(=O)C(NC)C(C)C. The maximum atomic E-state index is 11.1. The van der Waals surface area contributed by atoms with Gasteiger partial charge in [0.25, 0.3) is 0 Å². The van der Waals surface area contributed by atoms with E-state index in [1.54, 1.807) is 0 Å². The Morgan fingerprint density at radius 1 is 1.50 bits per heavy atom. The van der Waals surface area contributed by atoms with Crippen molar-refractivity contribution in [1.82, 2.24) is 5.32 Å². The summed E-state index contributed by atoms with van der Waals surface area (Å²) in [6, 6.07) is 0.0463. The summed E-state index contributed by atoms with van der Waals surface area (Å²) >= 11 is 0. The van der Waals surface area contributed by atoms with Crippen molar-refractivity contribution in [2.75, 3.05) is 7.05 Å². The molecule has 0 amide bonds. The van der Waals surface area contributed by atoms with E-state index in [0.717, 1.165) is 0 Å². The van der Waals surface area contributed by atoms with Crippen molar-refractivity contribution in [2.45, 2.75) is 33.2 Å². The topological polar surface area (TPSA) is 29.1 Å². The summed E-state index contributed by atoms with van der Waals surface area (Å²) in [5, 5.41) is 3.00. The highest BCUT2D eigenvalue weighted by Gasteiger charge is 2.17. The molecule has 0 spiro atoms. The minimum Gasteiger partial charge on any atom is -0.310 e. The number of hydrogen-bond donors (Lipinski definition) is 1. The van der Waals surface area contributed by atoms with Gasteiger partial charge in [-0.05, 0) is 13.0 Å². The molecule has 0 fully saturated rings. The lowest BCUT2D eigenvalue weighted by Crippen LogP contribution is -2.38. The van der Waals surface area contributed by atoms with E-state index in [9.17, 15) is 4.79 Å². The van der Waals surface area contributed by atoms with Gasteiger partial charge in [-0.25, -0.2) is 0 Å². The van der Waals surface area contributed by atoms with Crippen LogP contribution in [0.4, 0.5) is 0 Å². The van der Waals surface area contributed by atoms with E-state index in [2.05, 4.69) is 19.2 Å². The minimum atomic E-state index is 0.0463. The first-order valence-electron chi connectivity index (χ1n) is 3.83. The largest absolute Gasteiger partial charge is 0.310 e. The van der Waals surface area contributed by atoms with Gasteiger partial charge < -0.3 is 5.32 Å². The van der Waals surface area contributed by atoms with Gasteiger partial charge in [0, 0.05) is 6.42 Å². The van der Waals surface area contributed by atoms with Crippen molar-refractivity contribution in [3.05, 3.63) is 0 Å². The van der Waals surface area contributed by atoms with Crippen molar-refractivity contribution in [2.24, 2.45) is 5.92 Å². The maximum Gasteiger partial charge on any atom is 0.149 e. The van der Waals surface area contributed by atoms with E-state index in [1.165, 1.54) is 0 Å². The molecule has 60 valence electrons. The number of rotatable bonds is 4. The molecule has 0 aromatic heterocycles. The van der Waals surface area contributed by atoms with Gasteiger partial charge in [-0.1, -0.05) is 20.8 Å². The Morgan fingerprint density at radius 2 is 2.00 bits per heavy atom. The summed E-state index contributed by atoms with van der Waals surface area (Å²) in [5.74, 6) is 0.704. The Balaban J connectivity index is 3.93. The van der Waals surface area contributed by atoms with Gasteiger partial charge in [-0.3, -0.25) is 4.79 Å². The monoisotopic (exact) mass is 143 g/mol. The van der Waals surface area contributed by atoms with Crippen LogP contribution in [0, 0.1) is 5.92 Å². The van der Waals surface area contributed by atoms with E-state index < -0.39 is 0 Å². The molecule has 0 aromatic carbocycles. The van der Waals surface area contributed by atoms with Gasteiger partial charge in [0.15, 0.2) is 0 Å². The van der Waals surface area contributed by atoms with Crippen molar-refractivity contribution >= 4 is 5.78 Å². The third-order valence-corrected chi connectivity index (χ3v) is 1.67. The quantitative estimate of drug-likeness (QED) is 0.641. The maximum absolute atomic E-state index is 11.1. The van der Waals surface area contributed by atoms with Crippen molar-refractivity contribution < 1.29 is 4.79 Å². The molecule has 2 heteroatoms. The van der Waals surface area contributed by atoms with Gasteiger partial charge in [0.2, 0.25) is 0 Å². The minimum absolute atomic E-state index is 0.0463. The molecular formula is C8H17NO. The summed E-state index contributed by atoms with van der Waals surface area (Å²) in [6.45, 7) is 6.00. The molecule has 0 rings (SSSR count). The summed E-state index contributed by atoms with van der Waals surface area (Å²) in [4.78, 5) is 11.1. The van der Waals surface area contributed by atoms with Gasteiger partial charge >= 0.3 is 0 Å². The first kappa shape index (κ1) is 9.63. The fourth-order valence-electron chi connectivity index (χ4n) is 1.09. The summed E-state index contributed by atoms with van der Waals surface area (Å²) in [7, 11) is 1.83. The van der Waals surface area contributed by atoms with Crippen LogP contribution in [-0.2, 0) is 4.79 Å². The highest BCUT2D eigenvalue weighted by atomic mass is 16.1. The van der Waals surface area contributed by atoms with Gasteiger partial charge in [0.05, 0.1) is 6.04 Å². The second-order valence-electron chi connectivity index (χ2n) is 2.83. The molecule has 2 nitrogen and oxygen atoms in total. The van der Waals surface area contributed by atoms with Gasteiger partial charge in [-0.15, -0.1) is 0 Å². The lowest BCUT2D eigenvalue weighted by atomic mass is 9.99. The summed E-state index contributed by atoms with van der Waals surface area (Å²) in [5.41, 5.74) is 0. The molecule has 0 aliphatic rings. The molecule has 0 aliphatic carbocycles. The average Bonchev–Trinajstić information content (AvgIpc) is 1.88. The van der Waals surface area contributed by atoms with E-state index in [4.69, 9.17) is 0 Å². The number of Topliss-reactive ketones (excluding diaryl/α,β-unsaturated/α-hetero) is 1. The zero-order chi connectivity index (χ0) is 8.15. The zero-order valence-electron chi connectivity index (χ0n) is 7.27. The lowest BCUT2D eigenvalue weighted by molar-refractivity contribution is -0.121. The number of likely N-dealkylation sites (N-methyl/N-ethyl adjacent to an activating group) is 1. The fraction of sp³-hybridized carbons (Fsp3) is 0.875. The van der Waals surface area contributed by atoms with Gasteiger partial charge in [-0.2, -0.15) is 0 Å².